The van der Waals surface area contributed by atoms with E-state index in [9.17, 15) is 5.11 Å². The molecule has 1 aliphatic carbocycles. The molecular weight excluding hydrogens is 236 g/mol. The standard InChI is InChI=1S/C16H32N2O/c1-2-16(14-19,17-15-8-9-15)10-7-13-18-11-5-3-4-6-12-18/h15,17,19H,2-14H2,1H3. The molecule has 0 radical (unpaired) electrons. The van der Waals surface area contributed by atoms with Gasteiger partial charge in [0, 0.05) is 11.6 Å². The first-order valence-corrected chi connectivity index (χ1v) is 8.39. The summed E-state index contributed by atoms with van der Waals surface area (Å²) in [5.74, 6) is 0. The molecule has 0 aromatic heterocycles. The van der Waals surface area contributed by atoms with Gasteiger partial charge in [-0.3, -0.25) is 0 Å². The van der Waals surface area contributed by atoms with Crippen molar-refractivity contribution in [1.82, 2.24) is 10.2 Å². The Morgan fingerprint density at radius 1 is 1.16 bits per heavy atom. The third-order valence-corrected chi connectivity index (χ3v) is 4.90. The second-order valence-corrected chi connectivity index (χ2v) is 6.57. The van der Waals surface area contributed by atoms with Gasteiger partial charge in [-0.15, -0.1) is 0 Å². The third kappa shape index (κ3) is 5.05. The quantitative estimate of drug-likeness (QED) is 0.710. The topological polar surface area (TPSA) is 35.5 Å². The number of likely N-dealkylation sites (tertiary alicyclic amines) is 1. The summed E-state index contributed by atoms with van der Waals surface area (Å²) >= 11 is 0. The highest BCUT2D eigenvalue weighted by Crippen LogP contribution is 2.27. The zero-order valence-electron chi connectivity index (χ0n) is 12.7. The molecule has 2 rings (SSSR count). The minimum absolute atomic E-state index is 0.00693. The molecule has 1 atom stereocenters. The molecule has 0 aromatic rings. The Morgan fingerprint density at radius 2 is 1.84 bits per heavy atom. The molecule has 0 spiro atoms. The Hall–Kier alpha value is -0.120. The highest BCUT2D eigenvalue weighted by atomic mass is 16.3. The van der Waals surface area contributed by atoms with E-state index < -0.39 is 0 Å². The average Bonchev–Trinajstić information content (AvgIpc) is 3.25. The van der Waals surface area contributed by atoms with Gasteiger partial charge >= 0.3 is 0 Å². The molecule has 1 heterocycles. The largest absolute Gasteiger partial charge is 0.394 e. The van der Waals surface area contributed by atoms with Crippen LogP contribution in [0.3, 0.4) is 0 Å². The van der Waals surface area contributed by atoms with Crippen LogP contribution in [0.25, 0.3) is 0 Å². The van der Waals surface area contributed by atoms with Gasteiger partial charge in [-0.1, -0.05) is 19.8 Å². The van der Waals surface area contributed by atoms with Crippen LogP contribution in [0, 0.1) is 0 Å². The molecule has 19 heavy (non-hydrogen) atoms. The molecule has 2 aliphatic rings. The first-order valence-electron chi connectivity index (χ1n) is 8.39. The lowest BCUT2D eigenvalue weighted by Gasteiger charge is -2.33. The van der Waals surface area contributed by atoms with Crippen molar-refractivity contribution in [3.63, 3.8) is 0 Å². The molecular formula is C16H32N2O. The van der Waals surface area contributed by atoms with Crippen LogP contribution in [0.1, 0.15) is 64.7 Å². The lowest BCUT2D eigenvalue weighted by molar-refractivity contribution is 0.136. The van der Waals surface area contributed by atoms with E-state index in [1.165, 1.54) is 64.6 Å². The van der Waals surface area contributed by atoms with Crippen LogP contribution >= 0.6 is 0 Å². The average molecular weight is 268 g/mol. The van der Waals surface area contributed by atoms with E-state index in [0.29, 0.717) is 12.6 Å². The van der Waals surface area contributed by atoms with Crippen molar-refractivity contribution < 1.29 is 5.11 Å². The first-order chi connectivity index (χ1) is 9.28. The van der Waals surface area contributed by atoms with Crippen LogP contribution in [0.4, 0.5) is 0 Å². The van der Waals surface area contributed by atoms with E-state index in [4.69, 9.17) is 0 Å². The van der Waals surface area contributed by atoms with Crippen molar-refractivity contribution in [1.29, 1.82) is 0 Å². The number of aliphatic hydroxyl groups excluding tert-OH is 1. The minimum Gasteiger partial charge on any atom is -0.394 e. The van der Waals surface area contributed by atoms with Gasteiger partial charge in [0.1, 0.15) is 0 Å². The van der Waals surface area contributed by atoms with Gasteiger partial charge in [0.2, 0.25) is 0 Å². The first kappa shape index (κ1) is 15.3. The van der Waals surface area contributed by atoms with Crippen LogP contribution in [-0.2, 0) is 0 Å². The van der Waals surface area contributed by atoms with E-state index in [-0.39, 0.29) is 5.54 Å². The Morgan fingerprint density at radius 3 is 2.37 bits per heavy atom. The van der Waals surface area contributed by atoms with Gasteiger partial charge in [0.15, 0.2) is 0 Å². The number of hydrogen-bond acceptors (Lipinski definition) is 3. The molecule has 0 amide bonds. The monoisotopic (exact) mass is 268 g/mol. The van der Waals surface area contributed by atoms with E-state index in [0.717, 1.165) is 12.8 Å². The lowest BCUT2D eigenvalue weighted by atomic mass is 9.91. The second kappa shape index (κ2) is 7.61. The van der Waals surface area contributed by atoms with E-state index in [1.54, 1.807) is 0 Å². The van der Waals surface area contributed by atoms with Crippen molar-refractivity contribution in [2.75, 3.05) is 26.2 Å². The highest BCUT2D eigenvalue weighted by molar-refractivity contribution is 4.94. The molecule has 1 unspecified atom stereocenters. The van der Waals surface area contributed by atoms with Crippen molar-refractivity contribution >= 4 is 0 Å². The smallest absolute Gasteiger partial charge is 0.0613 e. The fraction of sp³-hybridized carbons (Fsp3) is 1.00. The van der Waals surface area contributed by atoms with Crippen molar-refractivity contribution in [3.05, 3.63) is 0 Å². The number of hydrogen-bond donors (Lipinski definition) is 2. The van der Waals surface area contributed by atoms with E-state index in [2.05, 4.69) is 17.1 Å². The zero-order chi connectivity index (χ0) is 13.6. The van der Waals surface area contributed by atoms with Crippen LogP contribution < -0.4 is 5.32 Å². The molecule has 0 bridgehead atoms. The van der Waals surface area contributed by atoms with E-state index in [1.807, 2.05) is 0 Å². The van der Waals surface area contributed by atoms with Crippen molar-refractivity contribution in [2.45, 2.75) is 76.3 Å². The molecule has 3 nitrogen and oxygen atoms in total. The van der Waals surface area contributed by atoms with Crippen molar-refractivity contribution in [2.24, 2.45) is 0 Å². The van der Waals surface area contributed by atoms with Gasteiger partial charge in [-0.25, -0.2) is 0 Å². The predicted molar refractivity (Wildman–Crippen MR) is 80.4 cm³/mol. The number of nitrogens with one attached hydrogen (secondary N) is 1. The Balaban J connectivity index is 1.71. The lowest BCUT2D eigenvalue weighted by Crippen LogP contribution is -2.49. The number of nitrogens with zero attached hydrogens (tertiary/aromatic N) is 1. The minimum atomic E-state index is -0.00693. The molecule has 1 aliphatic heterocycles. The van der Waals surface area contributed by atoms with Crippen LogP contribution in [0.5, 0.6) is 0 Å². The summed E-state index contributed by atoms with van der Waals surface area (Å²) in [4.78, 5) is 2.63. The van der Waals surface area contributed by atoms with Crippen LogP contribution in [-0.4, -0.2) is 47.8 Å². The second-order valence-electron chi connectivity index (χ2n) is 6.57. The molecule has 2 fully saturated rings. The SMILES string of the molecule is CCC(CO)(CCCN1CCCCCC1)NC1CC1. The van der Waals surface area contributed by atoms with E-state index >= 15 is 0 Å². The summed E-state index contributed by atoms with van der Waals surface area (Å²) < 4.78 is 0. The Labute approximate surface area is 118 Å². The van der Waals surface area contributed by atoms with Crippen molar-refractivity contribution in [3.8, 4) is 0 Å². The fourth-order valence-corrected chi connectivity index (χ4v) is 3.25. The van der Waals surface area contributed by atoms with Gasteiger partial charge in [0.25, 0.3) is 0 Å². The molecule has 3 heteroatoms. The molecule has 112 valence electrons. The maximum absolute atomic E-state index is 9.76. The highest BCUT2D eigenvalue weighted by Gasteiger charge is 2.33. The number of rotatable bonds is 8. The van der Waals surface area contributed by atoms with Gasteiger partial charge in [-0.2, -0.15) is 0 Å². The summed E-state index contributed by atoms with van der Waals surface area (Å²) in [6.45, 7) is 6.29. The van der Waals surface area contributed by atoms with Gasteiger partial charge in [-0.05, 0) is 64.6 Å². The van der Waals surface area contributed by atoms with Crippen LogP contribution in [0.2, 0.25) is 0 Å². The summed E-state index contributed by atoms with van der Waals surface area (Å²) in [5, 5.41) is 13.4. The zero-order valence-corrected chi connectivity index (χ0v) is 12.7. The maximum Gasteiger partial charge on any atom is 0.0613 e. The van der Waals surface area contributed by atoms with Gasteiger partial charge < -0.3 is 15.3 Å². The summed E-state index contributed by atoms with van der Waals surface area (Å²) in [6.07, 6.45) is 11.5. The summed E-state index contributed by atoms with van der Waals surface area (Å²) in [7, 11) is 0. The third-order valence-electron chi connectivity index (χ3n) is 4.90. The molecule has 2 N–H and O–H groups in total. The molecule has 0 aromatic carbocycles. The van der Waals surface area contributed by atoms with Gasteiger partial charge in [0.05, 0.1) is 6.61 Å². The maximum atomic E-state index is 9.76. The summed E-state index contributed by atoms with van der Waals surface area (Å²) in [5.41, 5.74) is -0.00693. The summed E-state index contributed by atoms with van der Waals surface area (Å²) in [6, 6.07) is 0.685. The molecule has 1 saturated heterocycles. The van der Waals surface area contributed by atoms with Crippen LogP contribution in [0.15, 0.2) is 0 Å². The predicted octanol–water partition coefficient (Wildman–Crippen LogP) is 2.54. The Bertz CT molecular complexity index is 241. The normalized spacial score (nSPS) is 24.9. The molecule has 1 saturated carbocycles. The Kier molecular flexibility index (Phi) is 6.11. The number of aliphatic hydroxyl groups is 1. The fourth-order valence-electron chi connectivity index (χ4n) is 3.25.